The maximum atomic E-state index is 13.2. The zero-order valence-corrected chi connectivity index (χ0v) is 12.9. The largest absolute Gasteiger partial charge is 0.469 e. The van der Waals surface area contributed by atoms with Crippen molar-refractivity contribution in [3.8, 4) is 0 Å². The fourth-order valence-corrected chi connectivity index (χ4v) is 8.04. The van der Waals surface area contributed by atoms with Crippen LogP contribution in [0.3, 0.4) is 0 Å². The Morgan fingerprint density at radius 3 is 2.25 bits per heavy atom. The number of hydrogen-bond donors (Lipinski definition) is 0. The third-order valence-electron chi connectivity index (χ3n) is 8.52. The van der Waals surface area contributed by atoms with Crippen molar-refractivity contribution >= 4 is 5.97 Å². The molecule has 126 valence electrons. The minimum absolute atomic E-state index is 0.0823. The molecule has 8 rings (SSSR count). The molecule has 4 nitrogen and oxygen atoms in total. The zero-order chi connectivity index (χ0) is 16.4. The van der Waals surface area contributed by atoms with Gasteiger partial charge in [-0.05, 0) is 48.3 Å². The minimum Gasteiger partial charge on any atom is -0.469 e. The molecule has 0 N–H and O–H groups in total. The lowest BCUT2D eigenvalue weighted by molar-refractivity contribution is -0.614. The van der Waals surface area contributed by atoms with Crippen LogP contribution in [0.2, 0.25) is 0 Å². The van der Waals surface area contributed by atoms with Crippen LogP contribution in [-0.2, 0) is 21.1 Å². The van der Waals surface area contributed by atoms with Crippen LogP contribution in [-0.4, -0.2) is 22.6 Å². The van der Waals surface area contributed by atoms with E-state index in [-0.39, 0.29) is 22.8 Å². The van der Waals surface area contributed by atoms with Crippen LogP contribution in [0.25, 0.3) is 0 Å². The molecule has 7 aliphatic rings. The van der Waals surface area contributed by atoms with Gasteiger partial charge in [0.1, 0.15) is 5.82 Å². The Kier molecular flexibility index (Phi) is 1.61. The Morgan fingerprint density at radius 1 is 1.21 bits per heavy atom. The second-order valence-electron chi connectivity index (χ2n) is 8.60. The molecule has 0 saturated heterocycles. The molecule has 0 spiro atoms. The van der Waals surface area contributed by atoms with Crippen LogP contribution in [0.1, 0.15) is 30.4 Å². The Hall–Kier alpha value is -1.53. The number of methoxy groups -OCH3 is 1. The zero-order valence-electron chi connectivity index (χ0n) is 12.9. The molecular weight excluding hydrogens is 321 g/mol. The van der Waals surface area contributed by atoms with Crippen LogP contribution < -0.4 is 0 Å². The molecule has 1 aromatic heterocycles. The van der Waals surface area contributed by atoms with Crippen molar-refractivity contribution in [2.45, 2.75) is 30.5 Å². The lowest BCUT2D eigenvalue weighted by atomic mass is 8.92. The number of alkyl halides is 3. The smallest absolute Gasteiger partial charge is 0.434 e. The van der Waals surface area contributed by atoms with Gasteiger partial charge in [-0.2, -0.15) is 13.2 Å². The highest BCUT2D eigenvalue weighted by molar-refractivity contribution is 5.89. The summed E-state index contributed by atoms with van der Waals surface area (Å²) in [5.74, 6) is 2.77. The van der Waals surface area contributed by atoms with Gasteiger partial charge < -0.3 is 9.30 Å². The third-order valence-corrected chi connectivity index (χ3v) is 8.52. The monoisotopic (exact) mass is 336 g/mol. The van der Waals surface area contributed by atoms with E-state index in [0.717, 1.165) is 12.8 Å². The topological polar surface area (TPSA) is 44.1 Å². The molecule has 7 fully saturated rings. The Bertz CT molecular complexity index is 799. The fraction of sp³-hybridized carbons (Fsp3) is 0.765. The Balaban J connectivity index is 1.32. The number of esters is 1. The first-order valence-corrected chi connectivity index (χ1v) is 8.66. The summed E-state index contributed by atoms with van der Waals surface area (Å²) in [6.45, 7) is 0. The van der Waals surface area contributed by atoms with E-state index in [2.05, 4.69) is 4.98 Å². The molecule has 0 amide bonds. The molecular formula is C17H15F3N2O2. The van der Waals surface area contributed by atoms with Crippen molar-refractivity contribution in [2.75, 3.05) is 7.11 Å². The Labute approximate surface area is 135 Å². The molecule has 0 aliphatic heterocycles. The molecule has 1 aromatic rings. The maximum Gasteiger partial charge on any atom is 0.434 e. The van der Waals surface area contributed by atoms with Crippen molar-refractivity contribution in [3.63, 3.8) is 0 Å². The van der Waals surface area contributed by atoms with Gasteiger partial charge in [-0.1, -0.05) is 0 Å². The number of imidazole rings is 1. The standard InChI is InChI=1S/C17H15F3N2O2/c1-24-14(23)16-10-7-11(16)9-12(16)8(10)15(7,9)13-21-6(17(18,19)20)4-22(13)5-2-3-5/h4-5,7-12H,2-3H2,1H3. The third kappa shape index (κ3) is 0.817. The van der Waals surface area contributed by atoms with E-state index in [1.54, 1.807) is 0 Å². The second kappa shape index (κ2) is 3.03. The quantitative estimate of drug-likeness (QED) is 0.796. The highest BCUT2D eigenvalue weighted by atomic mass is 19.4. The summed E-state index contributed by atoms with van der Waals surface area (Å²) in [5.41, 5.74) is -1.14. The summed E-state index contributed by atoms with van der Waals surface area (Å²) in [4.78, 5) is 16.3. The normalized spacial score (nSPS) is 53.8. The molecule has 1 heterocycles. The van der Waals surface area contributed by atoms with Crippen LogP contribution in [0.15, 0.2) is 6.20 Å². The van der Waals surface area contributed by atoms with E-state index >= 15 is 0 Å². The highest BCUT2D eigenvalue weighted by Gasteiger charge is 3.12. The van der Waals surface area contributed by atoms with Gasteiger partial charge in [0.05, 0.1) is 12.5 Å². The van der Waals surface area contributed by atoms with Gasteiger partial charge in [-0.15, -0.1) is 0 Å². The number of aromatic nitrogens is 2. The first-order valence-electron chi connectivity index (χ1n) is 8.66. The molecule has 0 radical (unpaired) electrons. The molecule has 24 heavy (non-hydrogen) atoms. The number of carbonyl (C=O) groups excluding carboxylic acids is 1. The molecule has 0 aromatic carbocycles. The van der Waals surface area contributed by atoms with Crippen molar-refractivity contribution in [1.82, 2.24) is 9.55 Å². The minimum atomic E-state index is -4.39. The molecule has 0 unspecified atom stereocenters. The van der Waals surface area contributed by atoms with E-state index < -0.39 is 11.9 Å². The van der Waals surface area contributed by atoms with E-state index in [1.165, 1.54) is 13.3 Å². The average Bonchev–Trinajstić information content (AvgIpc) is 3.30. The summed E-state index contributed by atoms with van der Waals surface area (Å²) in [6, 6.07) is 0.193. The van der Waals surface area contributed by atoms with Crippen molar-refractivity contribution in [2.24, 2.45) is 40.9 Å². The predicted octanol–water partition coefficient (Wildman–Crippen LogP) is 2.40. The number of hydrogen-bond acceptors (Lipinski definition) is 3. The van der Waals surface area contributed by atoms with E-state index in [9.17, 15) is 18.0 Å². The second-order valence-corrected chi connectivity index (χ2v) is 8.60. The SMILES string of the molecule is COC(=O)C12C3C4C1C1C2C3C41c1nc(C(F)(F)F)cn1C1CC1. The number of ether oxygens (including phenoxy) is 1. The van der Waals surface area contributed by atoms with Gasteiger partial charge in [-0.25, -0.2) is 4.98 Å². The highest BCUT2D eigenvalue weighted by Crippen LogP contribution is 3.09. The molecule has 7 aliphatic carbocycles. The van der Waals surface area contributed by atoms with Gasteiger partial charge >= 0.3 is 12.1 Å². The van der Waals surface area contributed by atoms with Crippen LogP contribution in [0, 0.1) is 40.9 Å². The van der Waals surface area contributed by atoms with Gasteiger partial charge in [0.15, 0.2) is 5.69 Å². The lowest BCUT2D eigenvalue weighted by Gasteiger charge is -3.09. The van der Waals surface area contributed by atoms with Gasteiger partial charge in [0.2, 0.25) is 0 Å². The van der Waals surface area contributed by atoms with E-state index in [1.807, 2.05) is 4.57 Å². The summed E-state index contributed by atoms with van der Waals surface area (Å²) in [7, 11) is 1.44. The number of rotatable bonds is 3. The first-order chi connectivity index (χ1) is 11.4. The van der Waals surface area contributed by atoms with E-state index in [0.29, 0.717) is 41.3 Å². The van der Waals surface area contributed by atoms with Gasteiger partial charge in [-0.3, -0.25) is 4.79 Å². The molecule has 0 atom stereocenters. The summed E-state index contributed by atoms with van der Waals surface area (Å²) in [5, 5.41) is 0. The number of halogens is 3. The molecule has 0 bridgehead atoms. The maximum absolute atomic E-state index is 13.2. The molecule has 7 heteroatoms. The Morgan fingerprint density at radius 2 is 1.79 bits per heavy atom. The van der Waals surface area contributed by atoms with Crippen molar-refractivity contribution < 1.29 is 22.7 Å². The van der Waals surface area contributed by atoms with Crippen molar-refractivity contribution in [3.05, 3.63) is 17.7 Å². The number of carbonyl (C=O) groups is 1. The summed E-state index contributed by atoms with van der Waals surface area (Å²) in [6.07, 6.45) is -1.27. The van der Waals surface area contributed by atoms with E-state index in [4.69, 9.17) is 4.74 Å². The van der Waals surface area contributed by atoms with Crippen LogP contribution in [0.4, 0.5) is 13.2 Å². The van der Waals surface area contributed by atoms with Crippen molar-refractivity contribution in [1.29, 1.82) is 0 Å². The van der Waals surface area contributed by atoms with Gasteiger partial charge in [0.25, 0.3) is 0 Å². The molecule has 7 saturated carbocycles. The lowest BCUT2D eigenvalue weighted by Crippen LogP contribution is -3.12. The number of nitrogens with zero attached hydrogens (tertiary/aromatic N) is 2. The van der Waals surface area contributed by atoms with Gasteiger partial charge in [0, 0.05) is 17.7 Å². The fourth-order valence-electron chi connectivity index (χ4n) is 8.04. The average molecular weight is 336 g/mol. The van der Waals surface area contributed by atoms with Crippen LogP contribution >= 0.6 is 0 Å². The first kappa shape index (κ1) is 12.8. The summed E-state index contributed by atoms with van der Waals surface area (Å²) < 4.78 is 46.3. The predicted molar refractivity (Wildman–Crippen MR) is 72.6 cm³/mol. The van der Waals surface area contributed by atoms with Crippen LogP contribution in [0.5, 0.6) is 0 Å². The summed E-state index contributed by atoms with van der Waals surface area (Å²) >= 11 is 0.